The number of halogens is 2. The summed E-state index contributed by atoms with van der Waals surface area (Å²) in [6.07, 6.45) is 1.01. The molecule has 0 aliphatic carbocycles. The topological polar surface area (TPSA) is 69.7 Å². The monoisotopic (exact) mass is 389 g/mol. The van der Waals surface area contributed by atoms with Gasteiger partial charge in [-0.2, -0.15) is 17.0 Å². The Labute approximate surface area is 153 Å². The maximum atomic E-state index is 13.7. The summed E-state index contributed by atoms with van der Waals surface area (Å²) in [5, 5.41) is 2.88. The van der Waals surface area contributed by atoms with E-state index >= 15 is 0 Å². The van der Waals surface area contributed by atoms with Crippen molar-refractivity contribution in [3.63, 3.8) is 0 Å². The third-order valence-corrected chi connectivity index (χ3v) is 6.63. The number of piperidine rings is 1. The molecule has 1 heterocycles. The molecule has 0 unspecified atom stereocenters. The highest BCUT2D eigenvalue weighted by atomic mass is 32.2. The van der Waals surface area contributed by atoms with Gasteiger partial charge in [0.2, 0.25) is 5.91 Å². The first-order valence-electron chi connectivity index (χ1n) is 8.56. The Morgan fingerprint density at radius 3 is 2.62 bits per heavy atom. The molecule has 2 rings (SSSR count). The molecule has 1 aromatic rings. The summed E-state index contributed by atoms with van der Waals surface area (Å²) in [7, 11) is -0.509. The molecule has 1 aromatic carbocycles. The number of benzene rings is 1. The van der Waals surface area contributed by atoms with Crippen molar-refractivity contribution in [2.45, 2.75) is 32.2 Å². The van der Waals surface area contributed by atoms with Crippen molar-refractivity contribution in [3.05, 3.63) is 35.4 Å². The van der Waals surface area contributed by atoms with E-state index in [0.717, 1.165) is 12.1 Å². The number of amides is 1. The minimum Gasteiger partial charge on any atom is -0.353 e. The van der Waals surface area contributed by atoms with Crippen LogP contribution in [0.2, 0.25) is 0 Å². The fourth-order valence-electron chi connectivity index (χ4n) is 3.14. The second kappa shape index (κ2) is 8.41. The Balaban J connectivity index is 2.00. The average Bonchev–Trinajstić information content (AvgIpc) is 2.57. The Morgan fingerprint density at radius 1 is 1.35 bits per heavy atom. The smallest absolute Gasteiger partial charge is 0.281 e. The lowest BCUT2D eigenvalue weighted by molar-refractivity contribution is -0.121. The lowest BCUT2D eigenvalue weighted by atomic mass is 9.91. The SMILES string of the molecule is CC[C@@H]1CN(S(=O)(=O)N(C)C)CC[C@@H]1NC(=O)Cc1ccc(F)cc1F. The van der Waals surface area contributed by atoms with Crippen molar-refractivity contribution in [3.8, 4) is 0 Å². The van der Waals surface area contributed by atoms with Gasteiger partial charge < -0.3 is 5.32 Å². The second-order valence-electron chi connectivity index (χ2n) is 6.69. The van der Waals surface area contributed by atoms with Crippen LogP contribution in [-0.2, 0) is 21.4 Å². The maximum Gasteiger partial charge on any atom is 0.281 e. The van der Waals surface area contributed by atoms with Gasteiger partial charge in [0.05, 0.1) is 6.42 Å². The fourth-order valence-corrected chi connectivity index (χ4v) is 4.32. The molecule has 26 heavy (non-hydrogen) atoms. The number of hydrogen-bond donors (Lipinski definition) is 1. The minimum absolute atomic E-state index is 0.0273. The summed E-state index contributed by atoms with van der Waals surface area (Å²) >= 11 is 0. The van der Waals surface area contributed by atoms with E-state index in [1.54, 1.807) is 0 Å². The predicted octanol–water partition coefficient (Wildman–Crippen LogP) is 1.53. The zero-order valence-corrected chi connectivity index (χ0v) is 16.0. The molecular formula is C17H25F2N3O3S. The first kappa shape index (κ1) is 20.7. The molecule has 0 aromatic heterocycles. The second-order valence-corrected chi connectivity index (χ2v) is 8.83. The van der Waals surface area contributed by atoms with Crippen molar-refractivity contribution in [2.75, 3.05) is 27.2 Å². The third kappa shape index (κ3) is 4.77. The molecule has 9 heteroatoms. The number of rotatable bonds is 6. The predicted molar refractivity (Wildman–Crippen MR) is 94.6 cm³/mol. The van der Waals surface area contributed by atoms with Crippen molar-refractivity contribution in [1.82, 2.24) is 13.9 Å². The molecule has 0 bridgehead atoms. The number of carbonyl (C=O) groups excluding carboxylic acids is 1. The Hall–Kier alpha value is -1.58. The van der Waals surface area contributed by atoms with Crippen LogP contribution in [0, 0.1) is 17.6 Å². The van der Waals surface area contributed by atoms with Gasteiger partial charge >= 0.3 is 0 Å². The van der Waals surface area contributed by atoms with Gasteiger partial charge in [-0.3, -0.25) is 4.79 Å². The lowest BCUT2D eigenvalue weighted by Crippen LogP contribution is -2.54. The molecular weight excluding hydrogens is 364 g/mol. The van der Waals surface area contributed by atoms with Crippen molar-refractivity contribution in [1.29, 1.82) is 0 Å². The zero-order valence-electron chi connectivity index (χ0n) is 15.2. The van der Waals surface area contributed by atoms with Crippen molar-refractivity contribution in [2.24, 2.45) is 5.92 Å². The van der Waals surface area contributed by atoms with Crippen LogP contribution < -0.4 is 5.32 Å². The van der Waals surface area contributed by atoms with Gasteiger partial charge in [0.1, 0.15) is 11.6 Å². The maximum absolute atomic E-state index is 13.7. The van der Waals surface area contributed by atoms with Crippen LogP contribution in [0.1, 0.15) is 25.3 Å². The number of nitrogens with zero attached hydrogens (tertiary/aromatic N) is 2. The molecule has 0 saturated carbocycles. The van der Waals surface area contributed by atoms with Crippen LogP contribution >= 0.6 is 0 Å². The molecule has 1 aliphatic rings. The summed E-state index contributed by atoms with van der Waals surface area (Å²) in [4.78, 5) is 12.3. The Bertz CT molecular complexity index is 756. The van der Waals surface area contributed by atoms with Crippen molar-refractivity contribution < 1.29 is 22.0 Å². The van der Waals surface area contributed by atoms with Crippen LogP contribution in [0.4, 0.5) is 8.78 Å². The first-order chi connectivity index (χ1) is 12.1. The van der Waals surface area contributed by atoms with Crippen molar-refractivity contribution >= 4 is 16.1 Å². The Morgan fingerprint density at radius 2 is 2.04 bits per heavy atom. The largest absolute Gasteiger partial charge is 0.353 e. The van der Waals surface area contributed by atoms with E-state index in [4.69, 9.17) is 0 Å². The molecule has 146 valence electrons. The highest BCUT2D eigenvalue weighted by Crippen LogP contribution is 2.23. The normalized spacial score (nSPS) is 21.8. The Kier molecular flexibility index (Phi) is 6.70. The van der Waals surface area contributed by atoms with Gasteiger partial charge in [0.25, 0.3) is 10.2 Å². The van der Waals surface area contributed by atoms with Crippen LogP contribution in [0.5, 0.6) is 0 Å². The van der Waals surface area contributed by atoms with Gasteiger partial charge in [0.15, 0.2) is 0 Å². The fraction of sp³-hybridized carbons (Fsp3) is 0.588. The van der Waals surface area contributed by atoms with E-state index in [9.17, 15) is 22.0 Å². The van der Waals surface area contributed by atoms with Gasteiger partial charge in [0, 0.05) is 39.3 Å². The van der Waals surface area contributed by atoms with Crippen LogP contribution in [0.15, 0.2) is 18.2 Å². The van der Waals surface area contributed by atoms with E-state index in [0.29, 0.717) is 25.9 Å². The number of nitrogens with one attached hydrogen (secondary N) is 1. The van der Waals surface area contributed by atoms with Crippen LogP contribution in [0.3, 0.4) is 0 Å². The number of hydrogen-bond acceptors (Lipinski definition) is 3. The minimum atomic E-state index is -3.48. The summed E-state index contributed by atoms with van der Waals surface area (Å²) in [5.41, 5.74) is 0.129. The molecule has 1 fully saturated rings. The summed E-state index contributed by atoms with van der Waals surface area (Å²) in [6.45, 7) is 2.58. The van der Waals surface area contributed by atoms with Crippen LogP contribution in [-0.4, -0.2) is 56.2 Å². The molecule has 1 N–H and O–H groups in total. The van der Waals surface area contributed by atoms with E-state index in [1.165, 1.54) is 28.8 Å². The molecule has 0 radical (unpaired) electrons. The first-order valence-corrected chi connectivity index (χ1v) is 9.95. The molecule has 1 amide bonds. The van der Waals surface area contributed by atoms with E-state index in [2.05, 4.69) is 5.32 Å². The molecule has 1 saturated heterocycles. The highest BCUT2D eigenvalue weighted by Gasteiger charge is 2.35. The third-order valence-electron chi connectivity index (χ3n) is 4.72. The molecule has 6 nitrogen and oxygen atoms in total. The van der Waals surface area contributed by atoms with E-state index in [-0.39, 0.29) is 29.9 Å². The zero-order chi connectivity index (χ0) is 19.5. The lowest BCUT2D eigenvalue weighted by Gasteiger charge is -2.38. The number of carbonyl (C=O) groups is 1. The van der Waals surface area contributed by atoms with Crippen LogP contribution in [0.25, 0.3) is 0 Å². The standard InChI is InChI=1S/C17H25F2N3O3S/c1-4-12-11-22(26(24,25)21(2)3)8-7-16(12)20-17(23)9-13-5-6-14(18)10-15(13)19/h5-6,10,12,16H,4,7-9,11H2,1-3H3,(H,20,23)/t12-,16+/m1/s1. The highest BCUT2D eigenvalue weighted by molar-refractivity contribution is 7.86. The van der Waals surface area contributed by atoms with Gasteiger partial charge in [-0.1, -0.05) is 19.4 Å². The van der Waals surface area contributed by atoms with E-state index < -0.39 is 21.8 Å². The van der Waals surface area contributed by atoms with E-state index in [1.807, 2.05) is 6.92 Å². The summed E-state index contributed by atoms with van der Waals surface area (Å²) < 4.78 is 53.8. The molecule has 2 atom stereocenters. The summed E-state index contributed by atoms with van der Waals surface area (Å²) in [5.74, 6) is -1.82. The molecule has 1 aliphatic heterocycles. The van der Waals surface area contributed by atoms with Gasteiger partial charge in [-0.15, -0.1) is 0 Å². The average molecular weight is 389 g/mol. The quantitative estimate of drug-likeness (QED) is 0.802. The summed E-state index contributed by atoms with van der Waals surface area (Å²) in [6, 6.07) is 2.95. The van der Waals surface area contributed by atoms with Gasteiger partial charge in [-0.25, -0.2) is 8.78 Å². The molecule has 0 spiro atoms. The van der Waals surface area contributed by atoms with Gasteiger partial charge in [-0.05, 0) is 24.0 Å².